The van der Waals surface area contributed by atoms with E-state index in [0.29, 0.717) is 37.1 Å². The molecule has 2 amide bonds. The molecular weight excluding hydrogens is 639 g/mol. The highest BCUT2D eigenvalue weighted by Gasteiger charge is 2.42. The lowest BCUT2D eigenvalue weighted by Gasteiger charge is -2.38. The van der Waals surface area contributed by atoms with Crippen molar-refractivity contribution in [1.29, 1.82) is 0 Å². The van der Waals surface area contributed by atoms with Crippen LogP contribution in [0.4, 0.5) is 4.39 Å². The molecule has 3 aliphatic rings. The van der Waals surface area contributed by atoms with Crippen molar-refractivity contribution in [3.8, 4) is 0 Å². The maximum absolute atomic E-state index is 14.8. The van der Waals surface area contributed by atoms with Crippen LogP contribution in [0.2, 0.25) is 5.02 Å². The molecule has 3 aliphatic heterocycles. The summed E-state index contributed by atoms with van der Waals surface area (Å²) in [6.45, 7) is 2.83. The minimum atomic E-state index is -1.07. The second-order valence-corrected chi connectivity index (χ2v) is 12.6. The molecule has 3 aromatic rings. The van der Waals surface area contributed by atoms with Gasteiger partial charge >= 0.3 is 5.97 Å². The van der Waals surface area contributed by atoms with E-state index in [9.17, 15) is 28.7 Å². The molecule has 12 heteroatoms. The van der Waals surface area contributed by atoms with Gasteiger partial charge in [-0.05, 0) is 71.9 Å². The smallest absolute Gasteiger partial charge is 0.335 e. The monoisotopic (exact) mass is 672 g/mol. The highest BCUT2D eigenvalue weighted by molar-refractivity contribution is 6.31. The number of halogens is 2. The van der Waals surface area contributed by atoms with Gasteiger partial charge in [-0.15, -0.1) is 0 Å². The van der Waals surface area contributed by atoms with Crippen molar-refractivity contribution in [2.24, 2.45) is 10.9 Å². The molecule has 10 nitrogen and oxygen atoms in total. The summed E-state index contributed by atoms with van der Waals surface area (Å²) < 4.78 is 14.8. The molecule has 0 aliphatic carbocycles. The van der Waals surface area contributed by atoms with Gasteiger partial charge in [-0.3, -0.25) is 14.4 Å². The third-order valence-corrected chi connectivity index (χ3v) is 9.34. The number of fused-ring (bicyclic) bond motifs is 1. The predicted octanol–water partition coefficient (Wildman–Crippen LogP) is 4.57. The number of carbonyl (C=O) groups is 4. The highest BCUT2D eigenvalue weighted by Crippen LogP contribution is 2.38. The fourth-order valence-corrected chi connectivity index (χ4v) is 6.77. The number of hydrogen-bond acceptors (Lipinski definition) is 7. The number of ketones is 1. The lowest BCUT2D eigenvalue weighted by molar-refractivity contribution is -0.149. The molecule has 0 aromatic heterocycles. The van der Waals surface area contributed by atoms with Gasteiger partial charge in [0.05, 0.1) is 22.3 Å². The Labute approximate surface area is 281 Å². The summed E-state index contributed by atoms with van der Waals surface area (Å²) >= 11 is 5.97. The van der Waals surface area contributed by atoms with Crippen LogP contribution >= 0.6 is 11.6 Å². The van der Waals surface area contributed by atoms with Gasteiger partial charge in [-0.1, -0.05) is 59.2 Å². The molecule has 0 spiro atoms. The second kappa shape index (κ2) is 13.7. The fourth-order valence-electron chi connectivity index (χ4n) is 6.60. The standard InChI is InChI=1S/C36H34ClFN4O6/c1-20(39)34(44)41-15-12-22(13-16-41)24-4-2-5-26-25(24)14-17-42(33(26)30(43)18-21-8-10-23(11-9-21)36(46)47)35(45)31-19-29(40-48-31)27-6-3-7-28(37)32(27)38/h2-12,20,31,33H,13-19,39H2,1H3,(H,46,47)/t20-,31+,33-/m0/s1. The Balaban J connectivity index is 1.30. The van der Waals surface area contributed by atoms with Crippen LogP contribution in [0.5, 0.6) is 0 Å². The first kappa shape index (κ1) is 33.0. The first-order valence-electron chi connectivity index (χ1n) is 15.7. The van der Waals surface area contributed by atoms with Gasteiger partial charge in [-0.25, -0.2) is 9.18 Å². The third kappa shape index (κ3) is 6.48. The average Bonchev–Trinajstić information content (AvgIpc) is 3.58. The zero-order valence-corrected chi connectivity index (χ0v) is 27.0. The highest BCUT2D eigenvalue weighted by atomic mass is 35.5. The van der Waals surface area contributed by atoms with Crippen molar-refractivity contribution in [2.75, 3.05) is 19.6 Å². The number of hydrogen-bond donors (Lipinski definition) is 2. The van der Waals surface area contributed by atoms with E-state index < -0.39 is 35.9 Å². The SMILES string of the molecule is C[C@H](N)C(=O)N1CC=C(c2cccc3c2CCN(C(=O)[C@H]2CC(c4cccc(Cl)c4F)=NO2)[C@@H]3C(=O)Cc2ccc(C(=O)O)cc2)CC1. The van der Waals surface area contributed by atoms with Gasteiger partial charge in [-0.2, -0.15) is 0 Å². The van der Waals surface area contributed by atoms with E-state index in [1.165, 1.54) is 29.2 Å². The number of carbonyl (C=O) groups excluding carboxylic acids is 3. The normalized spacial score (nSPS) is 19.5. The van der Waals surface area contributed by atoms with Crippen molar-refractivity contribution in [3.63, 3.8) is 0 Å². The topological polar surface area (TPSA) is 143 Å². The first-order valence-corrected chi connectivity index (χ1v) is 16.1. The van der Waals surface area contributed by atoms with Crippen LogP contribution < -0.4 is 5.73 Å². The van der Waals surface area contributed by atoms with Crippen LogP contribution in [0, 0.1) is 5.82 Å². The Hall–Kier alpha value is -4.87. The minimum absolute atomic E-state index is 0.000572. The van der Waals surface area contributed by atoms with Crippen molar-refractivity contribution in [1.82, 2.24) is 9.80 Å². The molecule has 0 fully saturated rings. The summed E-state index contributed by atoms with van der Waals surface area (Å²) in [4.78, 5) is 60.9. The summed E-state index contributed by atoms with van der Waals surface area (Å²) in [7, 11) is 0. The Morgan fingerprint density at radius 3 is 2.46 bits per heavy atom. The molecule has 48 heavy (non-hydrogen) atoms. The van der Waals surface area contributed by atoms with Crippen molar-refractivity contribution < 1.29 is 33.5 Å². The molecule has 0 unspecified atom stereocenters. The molecule has 0 bridgehead atoms. The molecule has 0 saturated heterocycles. The van der Waals surface area contributed by atoms with E-state index in [1.807, 2.05) is 24.3 Å². The Bertz CT molecular complexity index is 1860. The van der Waals surface area contributed by atoms with Gasteiger partial charge in [0.1, 0.15) is 6.04 Å². The van der Waals surface area contributed by atoms with E-state index in [-0.39, 0.29) is 52.9 Å². The second-order valence-electron chi connectivity index (χ2n) is 12.2. The summed E-state index contributed by atoms with van der Waals surface area (Å²) in [6, 6.07) is 14.7. The van der Waals surface area contributed by atoms with Gasteiger partial charge in [0, 0.05) is 38.0 Å². The maximum atomic E-state index is 14.8. The molecule has 248 valence electrons. The largest absolute Gasteiger partial charge is 0.478 e. The Morgan fingerprint density at radius 1 is 1.04 bits per heavy atom. The number of rotatable bonds is 8. The van der Waals surface area contributed by atoms with Crippen molar-refractivity contribution in [2.45, 2.75) is 50.8 Å². The van der Waals surface area contributed by atoms with E-state index in [0.717, 1.165) is 16.7 Å². The zero-order chi connectivity index (χ0) is 34.1. The maximum Gasteiger partial charge on any atom is 0.335 e. The van der Waals surface area contributed by atoms with Crippen LogP contribution in [0.1, 0.15) is 64.0 Å². The number of nitrogens with zero attached hydrogens (tertiary/aromatic N) is 3. The van der Waals surface area contributed by atoms with Gasteiger partial charge in [0.25, 0.3) is 5.91 Å². The Morgan fingerprint density at radius 2 is 1.77 bits per heavy atom. The molecule has 3 atom stereocenters. The van der Waals surface area contributed by atoms with E-state index in [4.69, 9.17) is 22.2 Å². The quantitative estimate of drug-likeness (QED) is 0.357. The van der Waals surface area contributed by atoms with Gasteiger partial charge < -0.3 is 25.5 Å². The van der Waals surface area contributed by atoms with E-state index >= 15 is 0 Å². The predicted molar refractivity (Wildman–Crippen MR) is 177 cm³/mol. The molecule has 3 heterocycles. The molecule has 0 saturated carbocycles. The zero-order valence-electron chi connectivity index (χ0n) is 26.2. The minimum Gasteiger partial charge on any atom is -0.478 e. The number of carboxylic acid groups (broad SMARTS) is 1. The summed E-state index contributed by atoms with van der Waals surface area (Å²) in [5, 5.41) is 13.2. The fraction of sp³-hybridized carbons (Fsp3) is 0.306. The van der Waals surface area contributed by atoms with Crippen LogP contribution in [-0.4, -0.2) is 76.0 Å². The van der Waals surface area contributed by atoms with Crippen molar-refractivity contribution >= 4 is 46.5 Å². The molecular formula is C36H34ClFN4O6. The molecule has 6 rings (SSSR count). The molecule has 0 radical (unpaired) electrons. The number of benzene rings is 3. The number of oxime groups is 1. The van der Waals surface area contributed by atoms with Crippen molar-refractivity contribution in [3.05, 3.63) is 111 Å². The Kier molecular flexibility index (Phi) is 9.43. The van der Waals surface area contributed by atoms with E-state index in [1.54, 1.807) is 30.0 Å². The number of carboxylic acids is 1. The average molecular weight is 673 g/mol. The lowest BCUT2D eigenvalue weighted by atomic mass is 9.82. The van der Waals surface area contributed by atoms with E-state index in [2.05, 4.69) is 5.16 Å². The summed E-state index contributed by atoms with van der Waals surface area (Å²) in [5.74, 6) is -2.55. The number of nitrogens with two attached hydrogens (primary N) is 1. The lowest BCUT2D eigenvalue weighted by Crippen LogP contribution is -2.48. The van der Waals surface area contributed by atoms with Crippen LogP contribution in [-0.2, 0) is 32.1 Å². The number of Topliss-reactive ketones (excluding diaryl/α,β-unsaturated/α-hetero) is 1. The number of aromatic carboxylic acids is 1. The molecule has 3 aromatic carbocycles. The van der Waals surface area contributed by atoms with Crippen LogP contribution in [0.3, 0.4) is 0 Å². The van der Waals surface area contributed by atoms with Gasteiger partial charge in [0.15, 0.2) is 11.6 Å². The summed E-state index contributed by atoms with van der Waals surface area (Å²) in [5.41, 5.74) is 10.6. The number of amides is 2. The van der Waals surface area contributed by atoms with Gasteiger partial charge in [0.2, 0.25) is 12.0 Å². The first-order chi connectivity index (χ1) is 23.0. The van der Waals surface area contributed by atoms with Crippen LogP contribution in [0.25, 0.3) is 5.57 Å². The molecule has 3 N–H and O–H groups in total. The van der Waals surface area contributed by atoms with Crippen LogP contribution in [0.15, 0.2) is 71.9 Å². The summed E-state index contributed by atoms with van der Waals surface area (Å²) in [6.07, 6.45) is 1.98. The third-order valence-electron chi connectivity index (χ3n) is 9.05.